The van der Waals surface area contributed by atoms with Crippen molar-refractivity contribution in [3.05, 3.63) is 77.6 Å². The molecule has 4 nitrogen and oxygen atoms in total. The van der Waals surface area contributed by atoms with Gasteiger partial charge < -0.3 is 14.2 Å². The molecule has 3 rings (SSSR count). The predicted octanol–water partition coefficient (Wildman–Crippen LogP) is 10.1. The lowest BCUT2D eigenvalue weighted by atomic mass is 10.0. The van der Waals surface area contributed by atoms with E-state index < -0.39 is 29.2 Å². The van der Waals surface area contributed by atoms with E-state index in [1.165, 1.54) is 49.6 Å². The number of hydrogen-bond donors (Lipinski definition) is 0. The van der Waals surface area contributed by atoms with E-state index >= 15 is 0 Å². The summed E-state index contributed by atoms with van der Waals surface area (Å²) in [7, 11) is 0. The molecule has 0 aliphatic carbocycles. The lowest BCUT2D eigenvalue weighted by Gasteiger charge is -2.11. The monoisotopic (exact) mass is 570 g/mol. The minimum absolute atomic E-state index is 0.139. The summed E-state index contributed by atoms with van der Waals surface area (Å²) >= 11 is 0. The van der Waals surface area contributed by atoms with Gasteiger partial charge in [-0.15, -0.1) is 0 Å². The molecule has 0 fully saturated rings. The number of esters is 1. The number of benzene rings is 3. The van der Waals surface area contributed by atoms with E-state index in [9.17, 15) is 18.0 Å². The number of halogens is 3. The highest BCUT2D eigenvalue weighted by Gasteiger charge is 2.19. The summed E-state index contributed by atoms with van der Waals surface area (Å²) in [5, 5.41) is 0. The first kappa shape index (κ1) is 32.0. The zero-order valence-electron chi connectivity index (χ0n) is 24.2. The Balaban J connectivity index is 1.53. The smallest absolute Gasteiger partial charge is 0.343 e. The molecular weight excluding hydrogens is 529 g/mol. The molecule has 0 bridgehead atoms. The number of unbranched alkanes of at least 4 members (excludes halogenated alkanes) is 9. The van der Waals surface area contributed by atoms with Crippen molar-refractivity contribution in [2.45, 2.75) is 84.5 Å². The van der Waals surface area contributed by atoms with Crippen LogP contribution in [-0.2, 0) is 0 Å². The van der Waals surface area contributed by atoms with Crippen molar-refractivity contribution in [1.29, 1.82) is 0 Å². The Hall–Kier alpha value is -3.48. The van der Waals surface area contributed by atoms with Crippen molar-refractivity contribution in [3.63, 3.8) is 0 Å². The van der Waals surface area contributed by atoms with Crippen LogP contribution in [-0.4, -0.2) is 19.2 Å². The third kappa shape index (κ3) is 10.1. The zero-order chi connectivity index (χ0) is 29.5. The Bertz CT molecular complexity index is 1230. The van der Waals surface area contributed by atoms with Gasteiger partial charge in [0.2, 0.25) is 11.6 Å². The van der Waals surface area contributed by atoms with Gasteiger partial charge in [0, 0.05) is 0 Å². The highest BCUT2D eigenvalue weighted by atomic mass is 19.2. The molecule has 0 radical (unpaired) electrons. The van der Waals surface area contributed by atoms with Gasteiger partial charge in [0.25, 0.3) is 0 Å². The largest absolute Gasteiger partial charge is 0.491 e. The van der Waals surface area contributed by atoms with E-state index in [-0.39, 0.29) is 23.7 Å². The van der Waals surface area contributed by atoms with E-state index in [2.05, 4.69) is 13.8 Å². The summed E-state index contributed by atoms with van der Waals surface area (Å²) in [5.74, 6) is -4.31. The number of rotatable bonds is 18. The molecule has 0 saturated heterocycles. The maximum absolute atomic E-state index is 14.6. The molecule has 7 heteroatoms. The molecule has 0 spiro atoms. The Labute approximate surface area is 241 Å². The number of hydrogen-bond acceptors (Lipinski definition) is 4. The van der Waals surface area contributed by atoms with Gasteiger partial charge in [0.15, 0.2) is 23.1 Å². The molecule has 0 aromatic heterocycles. The van der Waals surface area contributed by atoms with Crippen molar-refractivity contribution in [1.82, 2.24) is 0 Å². The van der Waals surface area contributed by atoms with Gasteiger partial charge in [-0.05, 0) is 60.4 Å². The fraction of sp³-hybridized carbons (Fsp3) is 0.441. The second-order valence-corrected chi connectivity index (χ2v) is 10.2. The summed E-state index contributed by atoms with van der Waals surface area (Å²) in [6, 6.07) is 13.4. The molecule has 0 amide bonds. The standard InChI is InChI=1S/C34H41F3O4/c1-3-5-7-9-11-13-23-40-30-20-21-31(33(37)32(30)36)41-34(38)26-16-14-25(15-17-26)27-18-19-29(28(35)24-27)39-22-12-10-8-6-4-2/h14-21,24H,3-13,22-23H2,1-2H3. The number of carbonyl (C=O) groups excluding carboxylic acids is 1. The van der Waals surface area contributed by atoms with Gasteiger partial charge in [0.1, 0.15) is 0 Å². The number of ether oxygens (including phenoxy) is 3. The summed E-state index contributed by atoms with van der Waals surface area (Å²) < 4.78 is 59.7. The Kier molecular flexibility index (Phi) is 13.6. The van der Waals surface area contributed by atoms with Gasteiger partial charge in [-0.1, -0.05) is 89.8 Å². The molecule has 0 N–H and O–H groups in total. The summed E-state index contributed by atoms with van der Waals surface area (Å²) in [6.45, 7) is 5.06. The molecule has 222 valence electrons. The van der Waals surface area contributed by atoms with Crippen LogP contribution in [0.25, 0.3) is 11.1 Å². The third-order valence-corrected chi connectivity index (χ3v) is 6.86. The van der Waals surface area contributed by atoms with Crippen LogP contribution in [0.15, 0.2) is 54.6 Å². The maximum Gasteiger partial charge on any atom is 0.343 e. The molecule has 0 saturated carbocycles. The van der Waals surface area contributed by atoms with Gasteiger partial charge in [0.05, 0.1) is 18.8 Å². The van der Waals surface area contributed by atoms with E-state index in [1.807, 2.05) is 0 Å². The van der Waals surface area contributed by atoms with Gasteiger partial charge in [-0.25, -0.2) is 9.18 Å². The molecule has 0 aliphatic heterocycles. The second-order valence-electron chi connectivity index (χ2n) is 10.2. The normalized spacial score (nSPS) is 11.0. The average Bonchev–Trinajstić information content (AvgIpc) is 2.98. The van der Waals surface area contributed by atoms with Crippen molar-refractivity contribution >= 4 is 5.97 Å². The van der Waals surface area contributed by atoms with E-state index in [1.54, 1.807) is 24.3 Å². The molecule has 3 aromatic rings. The van der Waals surface area contributed by atoms with E-state index in [4.69, 9.17) is 14.2 Å². The van der Waals surface area contributed by atoms with Crippen LogP contribution in [0, 0.1) is 17.5 Å². The summed E-state index contributed by atoms with van der Waals surface area (Å²) in [4.78, 5) is 12.6. The quantitative estimate of drug-likeness (QED) is 0.0867. The second kappa shape index (κ2) is 17.4. The minimum Gasteiger partial charge on any atom is -0.491 e. The van der Waals surface area contributed by atoms with Crippen LogP contribution < -0.4 is 14.2 Å². The Morgan fingerprint density at radius 2 is 1.07 bits per heavy atom. The van der Waals surface area contributed by atoms with Crippen LogP contribution in [0.2, 0.25) is 0 Å². The summed E-state index contributed by atoms with van der Waals surface area (Å²) in [6.07, 6.45) is 11.8. The average molecular weight is 571 g/mol. The molecule has 0 heterocycles. The van der Waals surface area contributed by atoms with Gasteiger partial charge >= 0.3 is 5.97 Å². The first-order valence-electron chi connectivity index (χ1n) is 14.8. The van der Waals surface area contributed by atoms with Crippen molar-refractivity contribution in [3.8, 4) is 28.4 Å². The molecule has 0 aliphatic rings. The SMILES string of the molecule is CCCCCCCCOc1ccc(OC(=O)c2ccc(-c3ccc(OCCCCCCC)c(F)c3)cc2)c(F)c1F. The molecule has 41 heavy (non-hydrogen) atoms. The maximum atomic E-state index is 14.6. The molecule has 3 aromatic carbocycles. The van der Waals surface area contributed by atoms with E-state index in [0.29, 0.717) is 17.7 Å². The highest BCUT2D eigenvalue weighted by molar-refractivity contribution is 5.91. The van der Waals surface area contributed by atoms with Gasteiger partial charge in [-0.3, -0.25) is 0 Å². The van der Waals surface area contributed by atoms with Gasteiger partial charge in [-0.2, -0.15) is 8.78 Å². The van der Waals surface area contributed by atoms with Crippen LogP contribution >= 0.6 is 0 Å². The fourth-order valence-corrected chi connectivity index (χ4v) is 4.41. The topological polar surface area (TPSA) is 44.8 Å². The van der Waals surface area contributed by atoms with Crippen LogP contribution in [0.4, 0.5) is 13.2 Å². The van der Waals surface area contributed by atoms with Crippen molar-refractivity contribution in [2.75, 3.05) is 13.2 Å². The van der Waals surface area contributed by atoms with E-state index in [0.717, 1.165) is 51.4 Å². The zero-order valence-corrected chi connectivity index (χ0v) is 24.2. The third-order valence-electron chi connectivity index (χ3n) is 6.86. The first-order chi connectivity index (χ1) is 19.9. The minimum atomic E-state index is -1.28. The lowest BCUT2D eigenvalue weighted by Crippen LogP contribution is -2.10. The Morgan fingerprint density at radius 3 is 1.68 bits per heavy atom. The van der Waals surface area contributed by atoms with Crippen LogP contribution in [0.5, 0.6) is 17.2 Å². The number of carbonyl (C=O) groups is 1. The fourth-order valence-electron chi connectivity index (χ4n) is 4.41. The first-order valence-corrected chi connectivity index (χ1v) is 14.8. The van der Waals surface area contributed by atoms with Crippen molar-refractivity contribution in [2.24, 2.45) is 0 Å². The molecule has 0 atom stereocenters. The summed E-state index contributed by atoms with van der Waals surface area (Å²) in [5.41, 5.74) is 1.43. The Morgan fingerprint density at radius 1 is 0.585 bits per heavy atom. The predicted molar refractivity (Wildman–Crippen MR) is 156 cm³/mol. The van der Waals surface area contributed by atoms with Crippen molar-refractivity contribution < 1.29 is 32.2 Å². The molecule has 0 unspecified atom stereocenters. The lowest BCUT2D eigenvalue weighted by molar-refractivity contribution is 0.0726. The highest BCUT2D eigenvalue weighted by Crippen LogP contribution is 2.29. The molecular formula is C34H41F3O4. The van der Waals surface area contributed by atoms with Crippen LogP contribution in [0.3, 0.4) is 0 Å². The van der Waals surface area contributed by atoms with Crippen LogP contribution in [0.1, 0.15) is 94.8 Å².